The van der Waals surface area contributed by atoms with Gasteiger partial charge in [0, 0.05) is 0 Å². The molecule has 0 aromatic rings. The van der Waals surface area contributed by atoms with E-state index in [1.165, 1.54) is 0 Å². The normalized spacial score (nSPS) is 39.3. The van der Waals surface area contributed by atoms with Crippen LogP contribution >= 0.6 is 0 Å². The van der Waals surface area contributed by atoms with Crippen molar-refractivity contribution in [2.45, 2.75) is 33.1 Å². The van der Waals surface area contributed by atoms with E-state index in [2.05, 4.69) is 13.8 Å². The van der Waals surface area contributed by atoms with E-state index in [0.717, 1.165) is 12.8 Å². The van der Waals surface area contributed by atoms with Gasteiger partial charge in [-0.15, -0.1) is 0 Å². The Morgan fingerprint density at radius 1 is 1.62 bits per heavy atom. The standard InChI is InChI=1S/C10H19NO2/c1-7-3-8(2)10(4-7,6-11)5-9(12)13/h7-8H,3-6,11H2,1-2H3,(H,12,13)/t7-,8+,10-/m1/s1. The van der Waals surface area contributed by atoms with Crippen molar-refractivity contribution >= 4 is 5.97 Å². The highest BCUT2D eigenvalue weighted by Crippen LogP contribution is 2.47. The quantitative estimate of drug-likeness (QED) is 0.700. The minimum absolute atomic E-state index is 0.134. The number of carbonyl (C=O) groups is 1. The van der Waals surface area contributed by atoms with E-state index in [0.29, 0.717) is 18.4 Å². The summed E-state index contributed by atoms with van der Waals surface area (Å²) in [5.41, 5.74) is 5.57. The van der Waals surface area contributed by atoms with Crippen LogP contribution in [0.2, 0.25) is 0 Å². The van der Waals surface area contributed by atoms with Crippen molar-refractivity contribution in [3.8, 4) is 0 Å². The molecule has 0 unspecified atom stereocenters. The molecular formula is C10H19NO2. The molecule has 0 spiro atoms. The van der Waals surface area contributed by atoms with E-state index in [-0.39, 0.29) is 11.8 Å². The minimum Gasteiger partial charge on any atom is -0.481 e. The maximum Gasteiger partial charge on any atom is 0.303 e. The number of nitrogens with two attached hydrogens (primary N) is 1. The summed E-state index contributed by atoms with van der Waals surface area (Å²) >= 11 is 0. The molecule has 0 aromatic heterocycles. The molecule has 3 N–H and O–H groups in total. The Bertz CT molecular complexity index is 205. The third-order valence-electron chi connectivity index (χ3n) is 3.47. The zero-order valence-electron chi connectivity index (χ0n) is 8.42. The largest absolute Gasteiger partial charge is 0.481 e. The van der Waals surface area contributed by atoms with Crippen LogP contribution in [0.3, 0.4) is 0 Å². The lowest BCUT2D eigenvalue weighted by Gasteiger charge is -2.30. The first kappa shape index (κ1) is 10.5. The molecule has 3 heteroatoms. The molecule has 1 saturated carbocycles. The Kier molecular flexibility index (Phi) is 2.96. The summed E-state index contributed by atoms with van der Waals surface area (Å²) in [6, 6.07) is 0. The highest BCUT2D eigenvalue weighted by atomic mass is 16.4. The number of carboxylic acid groups (broad SMARTS) is 1. The number of hydrogen-bond donors (Lipinski definition) is 2. The van der Waals surface area contributed by atoms with E-state index in [9.17, 15) is 4.79 Å². The van der Waals surface area contributed by atoms with Gasteiger partial charge in [-0.2, -0.15) is 0 Å². The second-order valence-electron chi connectivity index (χ2n) is 4.58. The first-order chi connectivity index (χ1) is 6.00. The molecule has 3 nitrogen and oxygen atoms in total. The summed E-state index contributed by atoms with van der Waals surface area (Å²) in [4.78, 5) is 10.7. The maximum atomic E-state index is 10.7. The van der Waals surface area contributed by atoms with Crippen LogP contribution < -0.4 is 5.73 Å². The van der Waals surface area contributed by atoms with Gasteiger partial charge in [0.05, 0.1) is 6.42 Å². The first-order valence-electron chi connectivity index (χ1n) is 4.92. The molecule has 13 heavy (non-hydrogen) atoms. The molecule has 0 aromatic carbocycles. The lowest BCUT2D eigenvalue weighted by Crippen LogP contribution is -2.35. The van der Waals surface area contributed by atoms with Gasteiger partial charge in [-0.3, -0.25) is 4.79 Å². The third kappa shape index (κ3) is 2.02. The van der Waals surface area contributed by atoms with E-state index in [1.54, 1.807) is 0 Å². The molecule has 0 heterocycles. The Morgan fingerprint density at radius 3 is 2.54 bits per heavy atom. The van der Waals surface area contributed by atoms with E-state index in [4.69, 9.17) is 10.8 Å². The molecule has 1 aliphatic carbocycles. The topological polar surface area (TPSA) is 63.3 Å². The van der Waals surface area contributed by atoms with Gasteiger partial charge >= 0.3 is 5.97 Å². The lowest BCUT2D eigenvalue weighted by atomic mass is 9.76. The van der Waals surface area contributed by atoms with E-state index < -0.39 is 5.97 Å². The van der Waals surface area contributed by atoms with Crippen LogP contribution in [0.15, 0.2) is 0 Å². The number of rotatable bonds is 3. The Hall–Kier alpha value is -0.570. The lowest BCUT2D eigenvalue weighted by molar-refractivity contribution is -0.140. The monoisotopic (exact) mass is 185 g/mol. The van der Waals surface area contributed by atoms with Crippen LogP contribution in [0.5, 0.6) is 0 Å². The Balaban J connectivity index is 2.74. The van der Waals surface area contributed by atoms with Gasteiger partial charge in [0.1, 0.15) is 0 Å². The van der Waals surface area contributed by atoms with E-state index >= 15 is 0 Å². The summed E-state index contributed by atoms with van der Waals surface area (Å²) in [7, 11) is 0. The minimum atomic E-state index is -0.716. The van der Waals surface area contributed by atoms with E-state index in [1.807, 2.05) is 0 Å². The fourth-order valence-electron chi connectivity index (χ4n) is 2.74. The highest BCUT2D eigenvalue weighted by Gasteiger charge is 2.43. The molecule has 0 saturated heterocycles. The molecule has 1 rings (SSSR count). The van der Waals surface area contributed by atoms with Crippen LogP contribution in [0, 0.1) is 17.3 Å². The Labute approximate surface area is 79.3 Å². The van der Waals surface area contributed by atoms with Crippen molar-refractivity contribution in [2.75, 3.05) is 6.54 Å². The van der Waals surface area contributed by atoms with Crippen molar-refractivity contribution < 1.29 is 9.90 Å². The Morgan fingerprint density at radius 2 is 2.23 bits per heavy atom. The molecule has 3 atom stereocenters. The number of carboxylic acids is 1. The van der Waals surface area contributed by atoms with Crippen molar-refractivity contribution in [3.05, 3.63) is 0 Å². The molecule has 1 fully saturated rings. The van der Waals surface area contributed by atoms with Crippen molar-refractivity contribution in [2.24, 2.45) is 23.0 Å². The molecular weight excluding hydrogens is 166 g/mol. The van der Waals surface area contributed by atoms with Gasteiger partial charge in [-0.25, -0.2) is 0 Å². The van der Waals surface area contributed by atoms with Gasteiger partial charge in [-0.1, -0.05) is 13.8 Å². The smallest absolute Gasteiger partial charge is 0.303 e. The molecule has 1 aliphatic rings. The summed E-state index contributed by atoms with van der Waals surface area (Å²) in [5, 5.41) is 8.82. The van der Waals surface area contributed by atoms with Crippen LogP contribution in [0.1, 0.15) is 33.1 Å². The first-order valence-corrected chi connectivity index (χ1v) is 4.92. The van der Waals surface area contributed by atoms with Gasteiger partial charge in [-0.05, 0) is 36.6 Å². The number of hydrogen-bond acceptors (Lipinski definition) is 2. The molecule has 0 aliphatic heterocycles. The third-order valence-corrected chi connectivity index (χ3v) is 3.47. The van der Waals surface area contributed by atoms with Gasteiger partial charge in [0.2, 0.25) is 0 Å². The summed E-state index contributed by atoms with van der Waals surface area (Å²) in [5.74, 6) is 0.355. The van der Waals surface area contributed by atoms with Gasteiger partial charge in [0.25, 0.3) is 0 Å². The summed E-state index contributed by atoms with van der Waals surface area (Å²) < 4.78 is 0. The predicted octanol–water partition coefficient (Wildman–Crippen LogP) is 1.47. The zero-order valence-corrected chi connectivity index (χ0v) is 8.42. The zero-order chi connectivity index (χ0) is 10.1. The molecule has 0 amide bonds. The average molecular weight is 185 g/mol. The van der Waals surface area contributed by atoms with Gasteiger partial charge < -0.3 is 10.8 Å². The summed E-state index contributed by atoms with van der Waals surface area (Å²) in [6.07, 6.45) is 2.32. The van der Waals surface area contributed by atoms with Crippen LogP contribution in [0.4, 0.5) is 0 Å². The van der Waals surface area contributed by atoms with Gasteiger partial charge in [0.15, 0.2) is 0 Å². The fourth-order valence-corrected chi connectivity index (χ4v) is 2.74. The second kappa shape index (κ2) is 3.66. The van der Waals surface area contributed by atoms with Crippen LogP contribution in [-0.4, -0.2) is 17.6 Å². The van der Waals surface area contributed by atoms with Crippen LogP contribution in [-0.2, 0) is 4.79 Å². The average Bonchev–Trinajstić information content (AvgIpc) is 2.26. The fraction of sp³-hybridized carbons (Fsp3) is 0.900. The molecule has 0 bridgehead atoms. The van der Waals surface area contributed by atoms with Crippen molar-refractivity contribution in [1.29, 1.82) is 0 Å². The molecule has 76 valence electrons. The molecule has 0 radical (unpaired) electrons. The van der Waals surface area contributed by atoms with Crippen molar-refractivity contribution in [3.63, 3.8) is 0 Å². The van der Waals surface area contributed by atoms with Crippen LogP contribution in [0.25, 0.3) is 0 Å². The SMILES string of the molecule is C[C@@H]1C[C@H](C)[C@@](CN)(CC(=O)O)C1. The number of aliphatic carboxylic acids is 1. The van der Waals surface area contributed by atoms with Crippen molar-refractivity contribution in [1.82, 2.24) is 0 Å². The predicted molar refractivity (Wildman–Crippen MR) is 51.3 cm³/mol. The summed E-state index contributed by atoms with van der Waals surface area (Å²) in [6.45, 7) is 4.81. The highest BCUT2D eigenvalue weighted by molar-refractivity contribution is 5.67. The maximum absolute atomic E-state index is 10.7. The second-order valence-corrected chi connectivity index (χ2v) is 4.58.